The molecule has 0 radical (unpaired) electrons. The summed E-state index contributed by atoms with van der Waals surface area (Å²) in [5.41, 5.74) is 0.345. The largest absolute Gasteiger partial charge is 0.353 e. The van der Waals surface area contributed by atoms with Gasteiger partial charge in [-0.05, 0) is 81.5 Å². The Bertz CT molecular complexity index is 560. The lowest BCUT2D eigenvalue weighted by Crippen LogP contribution is -2.56. The molecule has 4 nitrogen and oxygen atoms in total. The average molecular weight is 359 g/mol. The zero-order valence-electron chi connectivity index (χ0n) is 16.2. The molecule has 4 bridgehead atoms. The molecule has 144 valence electrons. The van der Waals surface area contributed by atoms with Crippen molar-refractivity contribution in [2.24, 2.45) is 29.1 Å². The predicted octanol–water partition coefficient (Wildman–Crippen LogP) is 3.50. The van der Waals surface area contributed by atoms with Gasteiger partial charge in [-0.2, -0.15) is 0 Å². The van der Waals surface area contributed by atoms with E-state index in [0.29, 0.717) is 24.4 Å². The highest BCUT2D eigenvalue weighted by Crippen LogP contribution is 2.61. The van der Waals surface area contributed by atoms with Crippen LogP contribution < -0.4 is 5.32 Å². The Morgan fingerprint density at radius 1 is 1.08 bits per heavy atom. The number of carbonyl (C=O) groups excluding carboxylic acids is 2. The Labute approximate surface area is 157 Å². The number of carbonyl (C=O) groups is 2. The number of nitrogens with one attached hydrogen (secondary N) is 1. The molecule has 2 amide bonds. The van der Waals surface area contributed by atoms with Crippen LogP contribution in [0.25, 0.3) is 0 Å². The summed E-state index contributed by atoms with van der Waals surface area (Å²) in [6, 6.07) is 0.667. The standard InChI is InChI=1S/C22H34N2O2/c1-14(22-10-15-6-16(11-22)8-17(7-15)12-22)23-21(26)18-9-20(25)24(13-18)19-4-2-3-5-19/h14-19H,2-13H2,1H3,(H,23,26)/t14-,15?,16?,17?,18-,22?/m0/s1. The summed E-state index contributed by atoms with van der Waals surface area (Å²) < 4.78 is 0. The van der Waals surface area contributed by atoms with Crippen LogP contribution in [-0.4, -0.2) is 35.3 Å². The molecule has 26 heavy (non-hydrogen) atoms. The Balaban J connectivity index is 1.22. The third kappa shape index (κ3) is 2.79. The van der Waals surface area contributed by atoms with Gasteiger partial charge < -0.3 is 10.2 Å². The highest BCUT2D eigenvalue weighted by Gasteiger charge is 2.53. The van der Waals surface area contributed by atoms with Crippen LogP contribution in [0.4, 0.5) is 0 Å². The average Bonchev–Trinajstić information content (AvgIpc) is 3.22. The third-order valence-corrected chi connectivity index (χ3v) is 8.66. The van der Waals surface area contributed by atoms with Crippen molar-refractivity contribution >= 4 is 11.8 Å². The Kier molecular flexibility index (Phi) is 4.09. The zero-order chi connectivity index (χ0) is 17.9. The van der Waals surface area contributed by atoms with Crippen LogP contribution in [-0.2, 0) is 9.59 Å². The van der Waals surface area contributed by atoms with Gasteiger partial charge in [-0.25, -0.2) is 0 Å². The molecule has 5 aliphatic carbocycles. The van der Waals surface area contributed by atoms with Crippen molar-refractivity contribution in [2.45, 2.75) is 89.6 Å². The fourth-order valence-electron chi connectivity index (χ4n) is 7.67. The van der Waals surface area contributed by atoms with Crippen molar-refractivity contribution in [3.8, 4) is 0 Å². The van der Waals surface area contributed by atoms with Crippen LogP contribution in [0.2, 0.25) is 0 Å². The van der Waals surface area contributed by atoms with E-state index in [9.17, 15) is 9.59 Å². The van der Waals surface area contributed by atoms with E-state index in [1.807, 2.05) is 4.90 Å². The number of amides is 2. The first-order valence-corrected chi connectivity index (χ1v) is 11.1. The van der Waals surface area contributed by atoms with Gasteiger partial charge in [0.25, 0.3) is 0 Å². The van der Waals surface area contributed by atoms with Gasteiger partial charge in [0.1, 0.15) is 0 Å². The predicted molar refractivity (Wildman–Crippen MR) is 100 cm³/mol. The van der Waals surface area contributed by atoms with Gasteiger partial charge in [-0.1, -0.05) is 12.8 Å². The summed E-state index contributed by atoms with van der Waals surface area (Å²) in [5.74, 6) is 2.95. The van der Waals surface area contributed by atoms with Crippen molar-refractivity contribution in [3.63, 3.8) is 0 Å². The second-order valence-corrected chi connectivity index (χ2v) is 10.4. The number of nitrogens with zero attached hydrogens (tertiary/aromatic N) is 1. The normalized spacial score (nSPS) is 43.3. The molecular formula is C22H34N2O2. The van der Waals surface area contributed by atoms with E-state index >= 15 is 0 Å². The first-order chi connectivity index (χ1) is 12.5. The molecule has 4 heteroatoms. The van der Waals surface area contributed by atoms with E-state index in [4.69, 9.17) is 0 Å². The highest BCUT2D eigenvalue weighted by atomic mass is 16.2. The van der Waals surface area contributed by atoms with Crippen molar-refractivity contribution in [1.29, 1.82) is 0 Å². The van der Waals surface area contributed by atoms with Crippen LogP contribution in [0.5, 0.6) is 0 Å². The topological polar surface area (TPSA) is 49.4 Å². The maximum atomic E-state index is 13.0. The summed E-state index contributed by atoms with van der Waals surface area (Å²) in [4.78, 5) is 27.4. The zero-order valence-corrected chi connectivity index (χ0v) is 16.2. The molecule has 1 saturated heterocycles. The summed E-state index contributed by atoms with van der Waals surface area (Å²) in [6.07, 6.45) is 13.4. The summed E-state index contributed by atoms with van der Waals surface area (Å²) in [6.45, 7) is 2.90. The van der Waals surface area contributed by atoms with Gasteiger partial charge in [-0.15, -0.1) is 0 Å². The van der Waals surface area contributed by atoms with Crippen LogP contribution >= 0.6 is 0 Å². The van der Waals surface area contributed by atoms with Crippen LogP contribution in [0.1, 0.15) is 77.6 Å². The van der Waals surface area contributed by atoms with Gasteiger partial charge in [0.2, 0.25) is 11.8 Å². The number of likely N-dealkylation sites (tertiary alicyclic amines) is 1. The molecule has 0 aromatic heterocycles. The smallest absolute Gasteiger partial charge is 0.225 e. The minimum absolute atomic E-state index is 0.125. The van der Waals surface area contributed by atoms with Gasteiger partial charge in [-0.3, -0.25) is 9.59 Å². The van der Waals surface area contributed by atoms with Crippen molar-refractivity contribution in [2.75, 3.05) is 6.54 Å². The lowest BCUT2D eigenvalue weighted by atomic mass is 9.48. The Morgan fingerprint density at radius 3 is 2.23 bits per heavy atom. The molecule has 0 unspecified atom stereocenters. The molecule has 0 spiro atoms. The minimum Gasteiger partial charge on any atom is -0.353 e. The molecule has 6 rings (SSSR count). The van der Waals surface area contributed by atoms with Crippen molar-refractivity contribution < 1.29 is 9.59 Å². The van der Waals surface area contributed by atoms with E-state index in [-0.39, 0.29) is 23.8 Å². The van der Waals surface area contributed by atoms with Crippen molar-refractivity contribution in [1.82, 2.24) is 10.2 Å². The SMILES string of the molecule is C[C@H](NC(=O)[C@H]1CC(=O)N(C2CCCC2)C1)C12CC3CC(CC(C3)C1)C2. The van der Waals surface area contributed by atoms with Gasteiger partial charge in [0.05, 0.1) is 5.92 Å². The number of hydrogen-bond donors (Lipinski definition) is 1. The highest BCUT2D eigenvalue weighted by molar-refractivity contribution is 5.89. The van der Waals surface area contributed by atoms with E-state index in [1.165, 1.54) is 51.4 Å². The van der Waals surface area contributed by atoms with Gasteiger partial charge in [0.15, 0.2) is 0 Å². The molecule has 1 N–H and O–H groups in total. The molecule has 1 heterocycles. The molecule has 0 aromatic carbocycles. The lowest BCUT2D eigenvalue weighted by molar-refractivity contribution is -0.131. The second-order valence-electron chi connectivity index (χ2n) is 10.4. The lowest BCUT2D eigenvalue weighted by Gasteiger charge is -2.59. The fraction of sp³-hybridized carbons (Fsp3) is 0.909. The molecule has 5 saturated carbocycles. The molecule has 2 atom stereocenters. The van der Waals surface area contributed by atoms with Gasteiger partial charge in [0, 0.05) is 25.0 Å². The quantitative estimate of drug-likeness (QED) is 0.836. The molecule has 6 fully saturated rings. The first-order valence-electron chi connectivity index (χ1n) is 11.1. The monoisotopic (exact) mass is 358 g/mol. The molecule has 1 aliphatic heterocycles. The fourth-order valence-corrected chi connectivity index (χ4v) is 7.67. The van der Waals surface area contributed by atoms with E-state index in [2.05, 4.69) is 12.2 Å². The van der Waals surface area contributed by atoms with Crippen LogP contribution in [0, 0.1) is 29.1 Å². The second kappa shape index (κ2) is 6.24. The Morgan fingerprint density at radius 2 is 1.65 bits per heavy atom. The third-order valence-electron chi connectivity index (χ3n) is 8.66. The summed E-state index contributed by atoms with van der Waals surface area (Å²) in [5, 5.41) is 3.39. The summed E-state index contributed by atoms with van der Waals surface area (Å²) in [7, 11) is 0. The maximum absolute atomic E-state index is 13.0. The van der Waals surface area contributed by atoms with E-state index in [0.717, 1.165) is 30.6 Å². The molecule has 0 aromatic rings. The number of rotatable bonds is 4. The summed E-state index contributed by atoms with van der Waals surface area (Å²) >= 11 is 0. The van der Waals surface area contributed by atoms with E-state index in [1.54, 1.807) is 0 Å². The van der Waals surface area contributed by atoms with E-state index < -0.39 is 0 Å². The van der Waals surface area contributed by atoms with Crippen LogP contribution in [0.3, 0.4) is 0 Å². The Hall–Kier alpha value is -1.06. The van der Waals surface area contributed by atoms with Crippen molar-refractivity contribution in [3.05, 3.63) is 0 Å². The van der Waals surface area contributed by atoms with Gasteiger partial charge >= 0.3 is 0 Å². The maximum Gasteiger partial charge on any atom is 0.225 e. The molecule has 6 aliphatic rings. The van der Waals surface area contributed by atoms with Crippen LogP contribution in [0.15, 0.2) is 0 Å². The minimum atomic E-state index is -0.125. The number of hydrogen-bond acceptors (Lipinski definition) is 2. The first kappa shape index (κ1) is 17.1. The molecular weight excluding hydrogens is 324 g/mol.